The molecule has 0 aliphatic rings. The maximum Gasteiger partial charge on any atom is 0.417 e. The van der Waals surface area contributed by atoms with Crippen molar-refractivity contribution in [3.8, 4) is 11.3 Å². The fourth-order valence-electron chi connectivity index (χ4n) is 2.31. The van der Waals surface area contributed by atoms with Gasteiger partial charge < -0.3 is 0 Å². The van der Waals surface area contributed by atoms with E-state index in [4.69, 9.17) is 0 Å². The Kier molecular flexibility index (Phi) is 5.08. The lowest BCUT2D eigenvalue weighted by atomic mass is 10.2. The van der Waals surface area contributed by atoms with Crippen LogP contribution >= 0.6 is 11.3 Å². The van der Waals surface area contributed by atoms with Gasteiger partial charge in [-0.1, -0.05) is 12.1 Å². The molecule has 0 radical (unpaired) electrons. The van der Waals surface area contributed by atoms with Crippen molar-refractivity contribution in [2.24, 2.45) is 0 Å². The third-order valence-corrected chi connectivity index (χ3v) is 5.62. The highest BCUT2D eigenvalue weighted by atomic mass is 32.2. The number of halogens is 3. The summed E-state index contributed by atoms with van der Waals surface area (Å²) in [5.74, 6) is 0. The second kappa shape index (κ2) is 7.14. The molecule has 0 aliphatic carbocycles. The second-order valence-electron chi connectivity index (χ2n) is 5.18. The molecule has 0 aliphatic heterocycles. The SMILES string of the molecule is O=S(=O)(NCc1nccnc1-c1ccsc1)c1ccccc1C(F)(F)F. The van der Waals surface area contributed by atoms with Crippen LogP contribution in [0.5, 0.6) is 0 Å². The predicted octanol–water partition coefficient (Wildman–Crippen LogP) is 3.70. The quantitative estimate of drug-likeness (QED) is 0.710. The molecule has 26 heavy (non-hydrogen) atoms. The van der Waals surface area contributed by atoms with Gasteiger partial charge in [-0.15, -0.1) is 0 Å². The lowest BCUT2D eigenvalue weighted by Gasteiger charge is -2.14. The molecule has 0 saturated heterocycles. The number of nitrogens with zero attached hydrogens (tertiary/aromatic N) is 2. The summed E-state index contributed by atoms with van der Waals surface area (Å²) in [5, 5.41) is 3.65. The molecule has 0 fully saturated rings. The summed E-state index contributed by atoms with van der Waals surface area (Å²) in [5.41, 5.74) is 0.331. The number of hydrogen-bond donors (Lipinski definition) is 1. The topological polar surface area (TPSA) is 72.0 Å². The largest absolute Gasteiger partial charge is 0.417 e. The van der Waals surface area contributed by atoms with Crippen molar-refractivity contribution in [1.82, 2.24) is 14.7 Å². The first kappa shape index (κ1) is 18.5. The fourth-order valence-corrected chi connectivity index (χ4v) is 4.17. The Morgan fingerprint density at radius 1 is 1.08 bits per heavy atom. The first-order valence-electron chi connectivity index (χ1n) is 7.27. The van der Waals surface area contributed by atoms with Crippen LogP contribution in [0.1, 0.15) is 11.3 Å². The van der Waals surface area contributed by atoms with Gasteiger partial charge in [0.05, 0.1) is 28.4 Å². The number of rotatable bonds is 5. The zero-order chi connectivity index (χ0) is 18.8. The Bertz CT molecular complexity index is 1000. The number of hydrogen-bond acceptors (Lipinski definition) is 5. The molecule has 0 bridgehead atoms. The van der Waals surface area contributed by atoms with E-state index in [-0.39, 0.29) is 6.54 Å². The third-order valence-electron chi connectivity index (χ3n) is 3.48. The zero-order valence-corrected chi connectivity index (χ0v) is 14.7. The Morgan fingerprint density at radius 3 is 2.50 bits per heavy atom. The fraction of sp³-hybridized carbons (Fsp3) is 0.125. The van der Waals surface area contributed by atoms with Gasteiger partial charge in [-0.3, -0.25) is 9.97 Å². The van der Waals surface area contributed by atoms with Gasteiger partial charge in [0.1, 0.15) is 0 Å². The average molecular weight is 399 g/mol. The molecule has 5 nitrogen and oxygen atoms in total. The summed E-state index contributed by atoms with van der Waals surface area (Å²) in [6, 6.07) is 5.82. The van der Waals surface area contributed by atoms with Gasteiger partial charge in [-0.25, -0.2) is 13.1 Å². The lowest BCUT2D eigenvalue weighted by Crippen LogP contribution is -2.26. The van der Waals surface area contributed by atoms with Crippen LogP contribution in [0.15, 0.2) is 58.4 Å². The van der Waals surface area contributed by atoms with Crippen LogP contribution in [0, 0.1) is 0 Å². The van der Waals surface area contributed by atoms with E-state index in [2.05, 4.69) is 14.7 Å². The van der Waals surface area contributed by atoms with Crippen LogP contribution in [0.2, 0.25) is 0 Å². The van der Waals surface area contributed by atoms with Crippen LogP contribution in [-0.2, 0) is 22.7 Å². The molecule has 0 unspecified atom stereocenters. The minimum absolute atomic E-state index is 0.284. The van der Waals surface area contributed by atoms with Crippen LogP contribution in [-0.4, -0.2) is 18.4 Å². The van der Waals surface area contributed by atoms with Gasteiger partial charge in [0.2, 0.25) is 10.0 Å². The highest BCUT2D eigenvalue weighted by Crippen LogP contribution is 2.34. The van der Waals surface area contributed by atoms with Gasteiger partial charge in [0.25, 0.3) is 0 Å². The molecule has 0 spiro atoms. The van der Waals surface area contributed by atoms with E-state index in [0.29, 0.717) is 11.4 Å². The lowest BCUT2D eigenvalue weighted by molar-refractivity contribution is -0.139. The zero-order valence-electron chi connectivity index (χ0n) is 13.1. The summed E-state index contributed by atoms with van der Waals surface area (Å²) in [7, 11) is -4.39. The number of thiophene rings is 1. The van der Waals surface area contributed by atoms with Crippen molar-refractivity contribution in [3.05, 3.63) is 64.7 Å². The number of nitrogens with one attached hydrogen (secondary N) is 1. The Labute approximate surface area is 151 Å². The van der Waals surface area contributed by atoms with Gasteiger partial charge >= 0.3 is 6.18 Å². The normalized spacial score (nSPS) is 12.3. The second-order valence-corrected chi connectivity index (χ2v) is 7.70. The summed E-state index contributed by atoms with van der Waals surface area (Å²) in [4.78, 5) is 7.45. The maximum atomic E-state index is 13.1. The number of aromatic nitrogens is 2. The van der Waals surface area contributed by atoms with E-state index < -0.39 is 26.7 Å². The molecule has 2 aromatic heterocycles. The van der Waals surface area contributed by atoms with E-state index in [1.165, 1.54) is 29.8 Å². The molecule has 10 heteroatoms. The van der Waals surface area contributed by atoms with E-state index >= 15 is 0 Å². The molecule has 3 rings (SSSR count). The Morgan fingerprint density at radius 2 is 1.81 bits per heavy atom. The van der Waals surface area contributed by atoms with E-state index in [0.717, 1.165) is 23.8 Å². The highest BCUT2D eigenvalue weighted by Gasteiger charge is 2.36. The molecule has 1 N–H and O–H groups in total. The molecular weight excluding hydrogens is 387 g/mol. The van der Waals surface area contributed by atoms with Crippen molar-refractivity contribution in [2.75, 3.05) is 0 Å². The first-order chi connectivity index (χ1) is 12.3. The van der Waals surface area contributed by atoms with Crippen LogP contribution < -0.4 is 4.72 Å². The summed E-state index contributed by atoms with van der Waals surface area (Å²) in [6.07, 6.45) is -1.92. The van der Waals surface area contributed by atoms with Crippen LogP contribution in [0.25, 0.3) is 11.3 Å². The van der Waals surface area contributed by atoms with Gasteiger partial charge in [-0.2, -0.15) is 24.5 Å². The van der Waals surface area contributed by atoms with Gasteiger partial charge in [-0.05, 0) is 23.6 Å². The molecule has 3 aromatic rings. The smallest absolute Gasteiger partial charge is 0.256 e. The van der Waals surface area contributed by atoms with Crippen molar-refractivity contribution in [1.29, 1.82) is 0 Å². The van der Waals surface area contributed by atoms with Crippen molar-refractivity contribution >= 4 is 21.4 Å². The van der Waals surface area contributed by atoms with E-state index in [9.17, 15) is 21.6 Å². The summed E-state index contributed by atoms with van der Waals surface area (Å²) >= 11 is 1.44. The van der Waals surface area contributed by atoms with Crippen molar-refractivity contribution in [3.63, 3.8) is 0 Å². The summed E-state index contributed by atoms with van der Waals surface area (Å²) < 4.78 is 66.2. The monoisotopic (exact) mass is 399 g/mol. The maximum absolute atomic E-state index is 13.1. The van der Waals surface area contributed by atoms with Crippen molar-refractivity contribution < 1.29 is 21.6 Å². The van der Waals surface area contributed by atoms with Gasteiger partial charge in [0, 0.05) is 23.3 Å². The Hall–Kier alpha value is -2.30. The standard InChI is InChI=1S/C16H12F3N3O2S2/c17-16(18,19)12-3-1-2-4-14(12)26(23,24)22-9-13-15(21-7-6-20-13)11-5-8-25-10-11/h1-8,10,22H,9H2. The highest BCUT2D eigenvalue weighted by molar-refractivity contribution is 7.89. The molecule has 1 aromatic carbocycles. The first-order valence-corrected chi connectivity index (χ1v) is 9.70. The van der Waals surface area contributed by atoms with Crippen molar-refractivity contribution in [2.45, 2.75) is 17.6 Å². The Balaban J connectivity index is 1.90. The van der Waals surface area contributed by atoms with E-state index in [1.54, 1.807) is 6.07 Å². The molecule has 0 atom stereocenters. The minimum atomic E-state index is -4.78. The van der Waals surface area contributed by atoms with E-state index in [1.807, 2.05) is 10.8 Å². The number of alkyl halides is 3. The predicted molar refractivity (Wildman–Crippen MR) is 90.8 cm³/mol. The number of sulfonamides is 1. The van der Waals surface area contributed by atoms with Crippen LogP contribution in [0.4, 0.5) is 13.2 Å². The van der Waals surface area contributed by atoms with Crippen LogP contribution in [0.3, 0.4) is 0 Å². The molecular formula is C16H12F3N3O2S2. The molecule has 0 amide bonds. The summed E-state index contributed by atoms with van der Waals surface area (Å²) in [6.45, 7) is -0.284. The molecule has 2 heterocycles. The minimum Gasteiger partial charge on any atom is -0.256 e. The number of benzene rings is 1. The average Bonchev–Trinajstić information content (AvgIpc) is 3.14. The molecule has 0 saturated carbocycles. The molecule has 136 valence electrons. The van der Waals surface area contributed by atoms with Gasteiger partial charge in [0.15, 0.2) is 0 Å². The third kappa shape index (κ3) is 3.92.